The van der Waals surface area contributed by atoms with Gasteiger partial charge in [0.1, 0.15) is 11.8 Å². The van der Waals surface area contributed by atoms with E-state index in [0.29, 0.717) is 5.78 Å². The Morgan fingerprint density at radius 3 is 2.95 bits per heavy atom. The lowest BCUT2D eigenvalue weighted by Gasteiger charge is -1.91. The molecule has 0 unspecified atom stereocenters. The van der Waals surface area contributed by atoms with E-state index >= 15 is 0 Å². The Balaban J connectivity index is 0.000000121. The summed E-state index contributed by atoms with van der Waals surface area (Å²) in [5, 5.41) is 23.1. The van der Waals surface area contributed by atoms with Gasteiger partial charge in [-0.25, -0.2) is 4.98 Å². The minimum absolute atomic E-state index is 0.0440. The van der Waals surface area contributed by atoms with E-state index < -0.39 is 0 Å². The average Bonchev–Trinajstić information content (AvgIpc) is 3.07. The molecule has 0 radical (unpaired) electrons. The first-order chi connectivity index (χ1) is 9.74. The third-order valence-corrected chi connectivity index (χ3v) is 2.64. The van der Waals surface area contributed by atoms with Gasteiger partial charge in [0.15, 0.2) is 0 Å². The van der Waals surface area contributed by atoms with Crippen LogP contribution in [0.3, 0.4) is 0 Å². The molecule has 0 aliphatic carbocycles. The number of fused-ring (bicyclic) bond motifs is 2. The van der Waals surface area contributed by atoms with Crippen molar-refractivity contribution in [3.05, 3.63) is 42.4 Å². The summed E-state index contributed by atoms with van der Waals surface area (Å²) >= 11 is 0. The van der Waals surface area contributed by atoms with Crippen molar-refractivity contribution in [2.24, 2.45) is 0 Å². The maximum absolute atomic E-state index is 9.08. The van der Waals surface area contributed by atoms with Crippen LogP contribution >= 0.6 is 0 Å². The lowest BCUT2D eigenvalue weighted by molar-refractivity contribution is 0.435. The third-order valence-electron chi connectivity index (χ3n) is 2.64. The molecule has 3 aromatic heterocycles. The molecule has 0 aliphatic rings. The Morgan fingerprint density at radius 1 is 1.20 bits per heavy atom. The van der Waals surface area contributed by atoms with Crippen LogP contribution in [-0.4, -0.2) is 40.1 Å². The molecule has 0 fully saturated rings. The van der Waals surface area contributed by atoms with E-state index in [0.717, 1.165) is 11.0 Å². The van der Waals surface area contributed by atoms with Gasteiger partial charge in [-0.05, 0) is 24.6 Å². The number of H-pyrrole nitrogens is 1. The quantitative estimate of drug-likeness (QED) is 0.495. The van der Waals surface area contributed by atoms with E-state index in [2.05, 4.69) is 30.5 Å². The van der Waals surface area contributed by atoms with Crippen molar-refractivity contribution in [1.82, 2.24) is 35.0 Å². The highest BCUT2D eigenvalue weighted by molar-refractivity contribution is 5.73. The smallest absolute Gasteiger partial charge is 0.255 e. The summed E-state index contributed by atoms with van der Waals surface area (Å²) in [6, 6.07) is 7.45. The van der Waals surface area contributed by atoms with Crippen molar-refractivity contribution in [3.8, 4) is 5.88 Å². The van der Waals surface area contributed by atoms with Gasteiger partial charge in [0.2, 0.25) is 5.88 Å². The molecule has 3 heterocycles. The van der Waals surface area contributed by atoms with Crippen molar-refractivity contribution in [3.63, 3.8) is 0 Å². The second kappa shape index (κ2) is 4.92. The molecule has 0 saturated carbocycles. The van der Waals surface area contributed by atoms with Crippen LogP contribution in [0.1, 0.15) is 5.56 Å². The largest absolute Gasteiger partial charge is 0.493 e. The summed E-state index contributed by atoms with van der Waals surface area (Å²) < 4.78 is 1.25. The molecule has 20 heavy (non-hydrogen) atoms. The van der Waals surface area contributed by atoms with E-state index in [9.17, 15) is 0 Å². The van der Waals surface area contributed by atoms with Gasteiger partial charge in [0, 0.05) is 12.3 Å². The summed E-state index contributed by atoms with van der Waals surface area (Å²) in [5.41, 5.74) is 3.13. The number of rotatable bonds is 0. The minimum Gasteiger partial charge on any atom is -0.493 e. The predicted molar refractivity (Wildman–Crippen MR) is 71.1 cm³/mol. The lowest BCUT2D eigenvalue weighted by atomic mass is 10.2. The number of hydrogen-bond acceptors (Lipinski definition) is 6. The van der Waals surface area contributed by atoms with Crippen LogP contribution in [0.15, 0.2) is 36.8 Å². The highest BCUT2D eigenvalue weighted by Gasteiger charge is 1.97. The Hall–Kier alpha value is -3.03. The van der Waals surface area contributed by atoms with Crippen LogP contribution in [0.25, 0.3) is 16.8 Å². The van der Waals surface area contributed by atoms with Crippen molar-refractivity contribution in [2.45, 2.75) is 6.92 Å². The van der Waals surface area contributed by atoms with Gasteiger partial charge in [0.25, 0.3) is 5.78 Å². The lowest BCUT2D eigenvalue weighted by Crippen LogP contribution is -1.89. The van der Waals surface area contributed by atoms with Gasteiger partial charge in [-0.15, -0.1) is 5.10 Å². The number of nitrogens with one attached hydrogen (secondary N) is 1. The van der Waals surface area contributed by atoms with E-state index in [1.807, 2.05) is 25.1 Å². The van der Waals surface area contributed by atoms with Crippen LogP contribution < -0.4 is 0 Å². The van der Waals surface area contributed by atoms with Crippen LogP contribution in [0.2, 0.25) is 0 Å². The molecule has 4 aromatic rings. The van der Waals surface area contributed by atoms with Crippen molar-refractivity contribution in [2.75, 3.05) is 0 Å². The Bertz CT molecular complexity index is 850. The molecule has 1 aromatic carbocycles. The maximum atomic E-state index is 9.08. The zero-order chi connectivity index (χ0) is 13.9. The standard InChI is InChI=1S/C7H7N3.C5H4N4O/c1-5-2-3-6-7(4-5)9-10-8-6;10-4-1-2-6-5-7-3-8-9(4)5/h2-4H,1H3,(H,8,9,10);1-3,10H. The van der Waals surface area contributed by atoms with E-state index in [-0.39, 0.29) is 5.88 Å². The molecule has 0 saturated heterocycles. The number of aromatic hydroxyl groups is 1. The first-order valence-electron chi connectivity index (χ1n) is 5.85. The zero-order valence-corrected chi connectivity index (χ0v) is 10.6. The van der Waals surface area contributed by atoms with E-state index in [1.165, 1.54) is 28.7 Å². The third kappa shape index (κ3) is 2.26. The fraction of sp³-hybridized carbons (Fsp3) is 0.0833. The van der Waals surface area contributed by atoms with E-state index in [1.54, 1.807) is 0 Å². The monoisotopic (exact) mass is 269 g/mol. The fourth-order valence-corrected chi connectivity index (χ4v) is 1.68. The van der Waals surface area contributed by atoms with Gasteiger partial charge in [-0.3, -0.25) is 5.10 Å². The fourth-order valence-electron chi connectivity index (χ4n) is 1.68. The zero-order valence-electron chi connectivity index (χ0n) is 10.6. The van der Waals surface area contributed by atoms with Gasteiger partial charge >= 0.3 is 0 Å². The number of benzene rings is 1. The normalized spacial score (nSPS) is 10.4. The number of aryl methyl sites for hydroxylation is 1. The SMILES string of the molecule is Cc1ccc2[nH]nnc2c1.Oc1ccnc2ncnn12. The first-order valence-corrected chi connectivity index (χ1v) is 5.85. The highest BCUT2D eigenvalue weighted by atomic mass is 16.3. The van der Waals surface area contributed by atoms with Gasteiger partial charge < -0.3 is 5.11 Å². The van der Waals surface area contributed by atoms with Gasteiger partial charge in [-0.2, -0.15) is 14.6 Å². The summed E-state index contributed by atoms with van der Waals surface area (Å²) in [5.74, 6) is 0.447. The topological polar surface area (TPSA) is 105 Å². The van der Waals surface area contributed by atoms with Crippen molar-refractivity contribution >= 4 is 16.8 Å². The predicted octanol–water partition coefficient (Wildman–Crippen LogP) is 1.10. The second-order valence-corrected chi connectivity index (χ2v) is 4.11. The summed E-state index contributed by atoms with van der Waals surface area (Å²) in [6.45, 7) is 2.04. The molecular weight excluding hydrogens is 258 g/mol. The number of hydrogen-bond donors (Lipinski definition) is 2. The average molecular weight is 269 g/mol. The van der Waals surface area contributed by atoms with Crippen molar-refractivity contribution in [1.29, 1.82) is 0 Å². The first kappa shape index (κ1) is 12.0. The molecule has 8 heteroatoms. The molecule has 0 aliphatic heterocycles. The summed E-state index contributed by atoms with van der Waals surface area (Å²) in [7, 11) is 0. The number of aromatic amines is 1. The number of aromatic nitrogens is 7. The molecular formula is C12H11N7O. The minimum atomic E-state index is 0.0440. The Morgan fingerprint density at radius 2 is 2.10 bits per heavy atom. The van der Waals surface area contributed by atoms with Gasteiger partial charge in [0.05, 0.1) is 5.52 Å². The Labute approximate surface area is 113 Å². The summed E-state index contributed by atoms with van der Waals surface area (Å²) in [6.07, 6.45) is 2.81. The van der Waals surface area contributed by atoms with Gasteiger partial charge in [-0.1, -0.05) is 11.3 Å². The molecule has 4 rings (SSSR count). The molecule has 0 amide bonds. The van der Waals surface area contributed by atoms with Crippen LogP contribution in [0.5, 0.6) is 5.88 Å². The molecule has 0 bridgehead atoms. The molecule has 2 N–H and O–H groups in total. The highest BCUT2D eigenvalue weighted by Crippen LogP contribution is 2.08. The molecule has 8 nitrogen and oxygen atoms in total. The van der Waals surface area contributed by atoms with Crippen LogP contribution in [-0.2, 0) is 0 Å². The maximum Gasteiger partial charge on any atom is 0.255 e. The summed E-state index contributed by atoms with van der Waals surface area (Å²) in [4.78, 5) is 7.59. The number of nitrogens with zero attached hydrogens (tertiary/aromatic N) is 6. The Kier molecular flexibility index (Phi) is 2.96. The van der Waals surface area contributed by atoms with E-state index in [4.69, 9.17) is 5.11 Å². The molecule has 0 spiro atoms. The molecule has 100 valence electrons. The van der Waals surface area contributed by atoms with Crippen LogP contribution in [0, 0.1) is 6.92 Å². The second-order valence-electron chi connectivity index (χ2n) is 4.11. The van der Waals surface area contributed by atoms with Crippen LogP contribution in [0.4, 0.5) is 0 Å². The van der Waals surface area contributed by atoms with Crippen molar-refractivity contribution < 1.29 is 5.11 Å². The molecule has 0 atom stereocenters.